The predicted octanol–water partition coefficient (Wildman–Crippen LogP) is 2.38. The molecule has 1 heterocycles. The fourth-order valence-electron chi connectivity index (χ4n) is 2.21. The molecule has 1 aromatic carbocycles. The third-order valence-electron chi connectivity index (χ3n) is 3.21. The van der Waals surface area contributed by atoms with E-state index in [0.29, 0.717) is 0 Å². The molecule has 5 nitrogen and oxygen atoms in total. The fraction of sp³-hybridized carbons (Fsp3) is 0.538. The second-order valence-corrected chi connectivity index (χ2v) is 6.92. The molecule has 0 saturated carbocycles. The van der Waals surface area contributed by atoms with Crippen LogP contribution in [0.2, 0.25) is 0 Å². The molecular weight excluding hydrogens is 323 g/mol. The third-order valence-corrected chi connectivity index (χ3v) is 5.23. The number of hydrogen-bond acceptors (Lipinski definition) is 4. The Kier molecular flexibility index (Phi) is 4.69. The van der Waals surface area contributed by atoms with E-state index >= 15 is 0 Å². The number of hydrogen-bond donors (Lipinski definition) is 0. The molecule has 0 bridgehead atoms. The largest absolute Gasteiger partial charge is 0.573 e. The lowest BCUT2D eigenvalue weighted by Crippen LogP contribution is -2.50. The minimum absolute atomic E-state index is 0.0733. The third kappa shape index (κ3) is 3.71. The Hall–Kier alpha value is -1.32. The highest BCUT2D eigenvalue weighted by Crippen LogP contribution is 2.32. The van der Waals surface area contributed by atoms with Gasteiger partial charge in [0.15, 0.2) is 0 Å². The molecule has 22 heavy (non-hydrogen) atoms. The van der Waals surface area contributed by atoms with Gasteiger partial charge in [0, 0.05) is 12.6 Å². The van der Waals surface area contributed by atoms with Crippen LogP contribution < -0.4 is 4.74 Å². The highest BCUT2D eigenvalue weighted by Gasteiger charge is 2.38. The summed E-state index contributed by atoms with van der Waals surface area (Å²) in [6.07, 6.45) is -5.29. The summed E-state index contributed by atoms with van der Waals surface area (Å²) in [6, 6.07) is 4.24. The Morgan fingerprint density at radius 3 is 2.55 bits per heavy atom. The van der Waals surface area contributed by atoms with Crippen molar-refractivity contribution < 1.29 is 31.1 Å². The number of benzene rings is 1. The maximum Gasteiger partial charge on any atom is 0.573 e. The first-order valence-corrected chi connectivity index (χ1v) is 8.03. The lowest BCUT2D eigenvalue weighted by atomic mass is 10.2. The van der Waals surface area contributed by atoms with Crippen LogP contribution in [0.3, 0.4) is 0 Å². The number of nitrogens with zero attached hydrogens (tertiary/aromatic N) is 1. The zero-order valence-electron chi connectivity index (χ0n) is 12.0. The zero-order valence-corrected chi connectivity index (χ0v) is 12.8. The topological polar surface area (TPSA) is 55.8 Å². The highest BCUT2D eigenvalue weighted by molar-refractivity contribution is 7.89. The number of para-hydroxylation sites is 1. The van der Waals surface area contributed by atoms with Crippen molar-refractivity contribution in [1.82, 2.24) is 4.31 Å². The van der Waals surface area contributed by atoms with Crippen LogP contribution in [0.5, 0.6) is 5.75 Å². The van der Waals surface area contributed by atoms with Crippen LogP contribution >= 0.6 is 0 Å². The first-order chi connectivity index (χ1) is 10.1. The second kappa shape index (κ2) is 6.05. The van der Waals surface area contributed by atoms with Crippen LogP contribution in [0.1, 0.15) is 13.8 Å². The maximum atomic E-state index is 12.7. The van der Waals surface area contributed by atoms with Gasteiger partial charge in [-0.3, -0.25) is 0 Å². The summed E-state index contributed by atoms with van der Waals surface area (Å²) in [6.45, 7) is 3.59. The number of morpholine rings is 1. The van der Waals surface area contributed by atoms with Gasteiger partial charge in [-0.1, -0.05) is 12.1 Å². The van der Waals surface area contributed by atoms with Crippen LogP contribution in [0.15, 0.2) is 29.2 Å². The predicted molar refractivity (Wildman–Crippen MR) is 71.9 cm³/mol. The van der Waals surface area contributed by atoms with Gasteiger partial charge < -0.3 is 9.47 Å². The van der Waals surface area contributed by atoms with Crippen molar-refractivity contribution in [2.75, 3.05) is 13.2 Å². The van der Waals surface area contributed by atoms with Gasteiger partial charge >= 0.3 is 6.36 Å². The van der Waals surface area contributed by atoms with E-state index in [1.807, 2.05) is 0 Å². The van der Waals surface area contributed by atoms with Crippen molar-refractivity contribution in [3.8, 4) is 5.75 Å². The first kappa shape index (κ1) is 17.0. The SMILES string of the molecule is CC1CN(S(=O)(=O)c2ccccc2OC(F)(F)F)C(C)CO1. The Bertz CT molecular complexity index is 632. The summed E-state index contributed by atoms with van der Waals surface area (Å²) in [4.78, 5) is -0.506. The molecule has 9 heteroatoms. The van der Waals surface area contributed by atoms with Gasteiger partial charge in [0.1, 0.15) is 10.6 Å². The fourth-order valence-corrected chi connectivity index (χ4v) is 4.01. The average Bonchev–Trinajstić information content (AvgIpc) is 2.40. The molecule has 0 spiro atoms. The van der Waals surface area contributed by atoms with Gasteiger partial charge in [-0.2, -0.15) is 4.31 Å². The van der Waals surface area contributed by atoms with E-state index in [-0.39, 0.29) is 19.3 Å². The molecular formula is C13H16F3NO4S. The van der Waals surface area contributed by atoms with Gasteiger partial charge in [-0.15, -0.1) is 13.2 Å². The highest BCUT2D eigenvalue weighted by atomic mass is 32.2. The van der Waals surface area contributed by atoms with E-state index in [4.69, 9.17) is 4.74 Å². The maximum absolute atomic E-state index is 12.7. The van der Waals surface area contributed by atoms with Crippen molar-refractivity contribution in [3.63, 3.8) is 0 Å². The van der Waals surface area contributed by atoms with Crippen LogP contribution in [0, 0.1) is 0 Å². The molecule has 2 atom stereocenters. The molecule has 0 radical (unpaired) electrons. The summed E-state index contributed by atoms with van der Waals surface area (Å²) in [5.41, 5.74) is 0. The molecule has 1 fully saturated rings. The Balaban J connectivity index is 2.41. The van der Waals surface area contributed by atoms with Gasteiger partial charge in [0.05, 0.1) is 12.7 Å². The summed E-state index contributed by atoms with van der Waals surface area (Å²) >= 11 is 0. The molecule has 1 aliphatic heterocycles. The van der Waals surface area contributed by atoms with E-state index in [1.54, 1.807) is 13.8 Å². The van der Waals surface area contributed by atoms with Crippen LogP contribution in [-0.2, 0) is 14.8 Å². The Morgan fingerprint density at radius 2 is 1.91 bits per heavy atom. The van der Waals surface area contributed by atoms with Crippen molar-refractivity contribution >= 4 is 10.0 Å². The van der Waals surface area contributed by atoms with Gasteiger partial charge in [-0.25, -0.2) is 8.42 Å². The summed E-state index contributed by atoms with van der Waals surface area (Å²) in [5, 5.41) is 0. The minimum Gasteiger partial charge on any atom is -0.404 e. The average molecular weight is 339 g/mol. The quantitative estimate of drug-likeness (QED) is 0.848. The normalized spacial score (nSPS) is 24.2. The van der Waals surface area contributed by atoms with Crippen molar-refractivity contribution in [2.24, 2.45) is 0 Å². The van der Waals surface area contributed by atoms with Crippen molar-refractivity contribution in [2.45, 2.75) is 37.3 Å². The molecule has 0 amide bonds. The standard InChI is InChI=1S/C13H16F3NO4S/c1-9-8-20-10(2)7-17(9)22(18,19)12-6-4-3-5-11(12)21-13(14,15)16/h3-6,9-10H,7-8H2,1-2H3. The Labute approximate surface area is 126 Å². The molecule has 0 N–H and O–H groups in total. The van der Waals surface area contributed by atoms with E-state index in [1.165, 1.54) is 12.1 Å². The van der Waals surface area contributed by atoms with Gasteiger partial charge in [-0.05, 0) is 26.0 Å². The lowest BCUT2D eigenvalue weighted by molar-refractivity contribution is -0.275. The molecule has 2 rings (SSSR count). The molecule has 2 unspecified atom stereocenters. The van der Waals surface area contributed by atoms with Crippen LogP contribution in [0.4, 0.5) is 13.2 Å². The second-order valence-electron chi connectivity index (χ2n) is 5.06. The zero-order chi connectivity index (χ0) is 16.5. The molecule has 0 aromatic heterocycles. The van der Waals surface area contributed by atoms with E-state index in [0.717, 1.165) is 16.4 Å². The monoisotopic (exact) mass is 339 g/mol. The van der Waals surface area contributed by atoms with E-state index in [9.17, 15) is 21.6 Å². The summed E-state index contributed by atoms with van der Waals surface area (Å²) < 4.78 is 73.0. The summed E-state index contributed by atoms with van der Waals surface area (Å²) in [5.74, 6) is -0.735. The van der Waals surface area contributed by atoms with E-state index in [2.05, 4.69) is 4.74 Å². The smallest absolute Gasteiger partial charge is 0.404 e. The minimum atomic E-state index is -4.96. The van der Waals surface area contributed by atoms with E-state index < -0.39 is 33.1 Å². The lowest BCUT2D eigenvalue weighted by Gasteiger charge is -2.35. The van der Waals surface area contributed by atoms with Gasteiger partial charge in [0.2, 0.25) is 10.0 Å². The Morgan fingerprint density at radius 1 is 1.27 bits per heavy atom. The van der Waals surface area contributed by atoms with Gasteiger partial charge in [0.25, 0.3) is 0 Å². The molecule has 1 aromatic rings. The number of halogens is 3. The summed E-state index contributed by atoms with van der Waals surface area (Å²) in [7, 11) is -4.12. The molecule has 124 valence electrons. The number of rotatable bonds is 3. The van der Waals surface area contributed by atoms with Crippen LogP contribution in [0.25, 0.3) is 0 Å². The number of alkyl halides is 3. The van der Waals surface area contributed by atoms with Crippen molar-refractivity contribution in [1.29, 1.82) is 0 Å². The number of sulfonamides is 1. The molecule has 0 aliphatic carbocycles. The molecule has 1 aliphatic rings. The number of ether oxygens (including phenoxy) is 2. The molecule has 1 saturated heterocycles. The first-order valence-electron chi connectivity index (χ1n) is 6.59. The van der Waals surface area contributed by atoms with Crippen LogP contribution in [-0.4, -0.2) is 44.4 Å². The van der Waals surface area contributed by atoms with Crippen molar-refractivity contribution in [3.05, 3.63) is 24.3 Å².